The lowest BCUT2D eigenvalue weighted by Crippen LogP contribution is -2.27. The SMILES string of the molecule is COc1ccc(C(=O)NC(C)c2cnn(-c3ccccc3)c2C)cc1OC(F)F. The predicted octanol–water partition coefficient (Wildman–Crippen LogP) is 4.28. The zero-order valence-corrected chi connectivity index (χ0v) is 16.2. The molecule has 0 bridgehead atoms. The number of hydrogen-bond donors (Lipinski definition) is 1. The van der Waals surface area contributed by atoms with Crippen LogP contribution in [0.25, 0.3) is 5.69 Å². The number of carbonyl (C=O) groups excluding carboxylic acids is 1. The van der Waals surface area contributed by atoms with E-state index < -0.39 is 12.5 Å². The highest BCUT2D eigenvalue weighted by Crippen LogP contribution is 2.30. The van der Waals surface area contributed by atoms with E-state index in [1.165, 1.54) is 25.3 Å². The van der Waals surface area contributed by atoms with Gasteiger partial charge in [-0.25, -0.2) is 4.68 Å². The van der Waals surface area contributed by atoms with E-state index in [9.17, 15) is 13.6 Å². The number of para-hydroxylation sites is 1. The van der Waals surface area contributed by atoms with Crippen LogP contribution in [-0.2, 0) is 0 Å². The van der Waals surface area contributed by atoms with Gasteiger partial charge in [0, 0.05) is 16.8 Å². The van der Waals surface area contributed by atoms with Crippen LogP contribution in [0.1, 0.15) is 34.6 Å². The van der Waals surface area contributed by atoms with Gasteiger partial charge in [-0.3, -0.25) is 4.79 Å². The number of ether oxygens (including phenoxy) is 2. The fourth-order valence-corrected chi connectivity index (χ4v) is 3.04. The largest absolute Gasteiger partial charge is 0.493 e. The van der Waals surface area contributed by atoms with Crippen molar-refractivity contribution in [2.75, 3.05) is 7.11 Å². The molecule has 6 nitrogen and oxygen atoms in total. The first kappa shape index (κ1) is 20.3. The third kappa shape index (κ3) is 4.53. The third-order valence-electron chi connectivity index (χ3n) is 4.50. The number of methoxy groups -OCH3 is 1. The Kier molecular flexibility index (Phi) is 6.11. The molecule has 8 heteroatoms. The standard InChI is InChI=1S/C21H21F2N3O3/c1-13(17-12-24-26(14(17)2)16-7-5-4-6-8-16)25-20(27)15-9-10-18(28-3)19(11-15)29-21(22)23/h4-13,21H,1-3H3,(H,25,27). The quantitative estimate of drug-likeness (QED) is 0.642. The molecule has 0 radical (unpaired) electrons. The number of rotatable bonds is 7. The molecule has 0 saturated carbocycles. The Hall–Kier alpha value is -3.42. The molecule has 3 rings (SSSR count). The minimum Gasteiger partial charge on any atom is -0.493 e. The molecule has 1 heterocycles. The Bertz CT molecular complexity index is 990. The average Bonchev–Trinajstić information content (AvgIpc) is 3.09. The fraction of sp³-hybridized carbons (Fsp3) is 0.238. The van der Waals surface area contributed by atoms with Crippen molar-refractivity contribution >= 4 is 5.91 Å². The highest BCUT2D eigenvalue weighted by Gasteiger charge is 2.19. The van der Waals surface area contributed by atoms with Gasteiger partial charge in [0.05, 0.1) is 25.0 Å². The summed E-state index contributed by atoms with van der Waals surface area (Å²) in [7, 11) is 1.34. The number of nitrogens with one attached hydrogen (secondary N) is 1. The van der Waals surface area contributed by atoms with Crippen LogP contribution in [0, 0.1) is 6.92 Å². The van der Waals surface area contributed by atoms with Crippen molar-refractivity contribution in [2.45, 2.75) is 26.5 Å². The van der Waals surface area contributed by atoms with E-state index in [0.29, 0.717) is 0 Å². The Morgan fingerprint density at radius 1 is 1.14 bits per heavy atom. The second kappa shape index (κ2) is 8.72. The molecular formula is C21H21F2N3O3. The van der Waals surface area contributed by atoms with Crippen LogP contribution in [0.2, 0.25) is 0 Å². The molecule has 0 saturated heterocycles. The number of aromatic nitrogens is 2. The summed E-state index contributed by atoms with van der Waals surface area (Å²) in [6.45, 7) is 0.727. The Balaban J connectivity index is 1.78. The van der Waals surface area contributed by atoms with E-state index in [1.807, 2.05) is 44.2 Å². The van der Waals surface area contributed by atoms with Crippen molar-refractivity contribution in [3.63, 3.8) is 0 Å². The normalized spacial score (nSPS) is 11.9. The molecular weight excluding hydrogens is 380 g/mol. The molecule has 0 aliphatic carbocycles. The first-order valence-electron chi connectivity index (χ1n) is 8.94. The highest BCUT2D eigenvalue weighted by atomic mass is 19.3. The molecule has 1 atom stereocenters. The Morgan fingerprint density at radius 3 is 2.52 bits per heavy atom. The first-order valence-corrected chi connectivity index (χ1v) is 8.94. The number of benzene rings is 2. The minimum atomic E-state index is -3.02. The molecule has 0 fully saturated rings. The maximum Gasteiger partial charge on any atom is 0.387 e. The fourth-order valence-electron chi connectivity index (χ4n) is 3.04. The van der Waals surface area contributed by atoms with Crippen molar-refractivity contribution in [1.82, 2.24) is 15.1 Å². The van der Waals surface area contributed by atoms with Crippen molar-refractivity contribution in [3.8, 4) is 17.2 Å². The zero-order chi connectivity index (χ0) is 21.0. The van der Waals surface area contributed by atoms with Crippen molar-refractivity contribution in [2.24, 2.45) is 0 Å². The molecule has 1 amide bonds. The molecule has 0 spiro atoms. The smallest absolute Gasteiger partial charge is 0.387 e. The van der Waals surface area contributed by atoms with Crippen LogP contribution in [0.15, 0.2) is 54.7 Å². The summed E-state index contributed by atoms with van der Waals surface area (Å²) in [6, 6.07) is 13.4. The molecule has 1 unspecified atom stereocenters. The van der Waals surface area contributed by atoms with E-state index in [2.05, 4.69) is 15.2 Å². The van der Waals surface area contributed by atoms with Crippen LogP contribution in [0.5, 0.6) is 11.5 Å². The second-order valence-corrected chi connectivity index (χ2v) is 6.37. The Morgan fingerprint density at radius 2 is 1.86 bits per heavy atom. The van der Waals surface area contributed by atoms with E-state index in [-0.39, 0.29) is 23.1 Å². The van der Waals surface area contributed by atoms with Crippen LogP contribution in [0.3, 0.4) is 0 Å². The maximum atomic E-state index is 12.6. The summed E-state index contributed by atoms with van der Waals surface area (Å²) in [5.41, 5.74) is 2.83. The van der Waals surface area contributed by atoms with Gasteiger partial charge >= 0.3 is 6.61 Å². The van der Waals surface area contributed by atoms with Gasteiger partial charge in [0.15, 0.2) is 11.5 Å². The topological polar surface area (TPSA) is 65.4 Å². The van der Waals surface area contributed by atoms with Gasteiger partial charge in [-0.1, -0.05) is 18.2 Å². The molecule has 1 N–H and O–H groups in total. The van der Waals surface area contributed by atoms with Crippen LogP contribution in [0.4, 0.5) is 8.78 Å². The number of hydrogen-bond acceptors (Lipinski definition) is 4. The lowest BCUT2D eigenvalue weighted by Gasteiger charge is -2.16. The lowest BCUT2D eigenvalue weighted by atomic mass is 10.1. The van der Waals surface area contributed by atoms with Crippen molar-refractivity contribution in [3.05, 3.63) is 71.5 Å². The summed E-state index contributed by atoms with van der Waals surface area (Å²) in [4.78, 5) is 12.6. The van der Waals surface area contributed by atoms with Gasteiger partial charge in [-0.05, 0) is 44.2 Å². The molecule has 2 aromatic carbocycles. The number of amides is 1. The van der Waals surface area contributed by atoms with Crippen LogP contribution < -0.4 is 14.8 Å². The summed E-state index contributed by atoms with van der Waals surface area (Å²) < 4.78 is 36.4. The molecule has 29 heavy (non-hydrogen) atoms. The maximum absolute atomic E-state index is 12.6. The molecule has 152 valence electrons. The van der Waals surface area contributed by atoms with Crippen LogP contribution >= 0.6 is 0 Å². The molecule has 0 aliphatic heterocycles. The number of nitrogens with zero attached hydrogens (tertiary/aromatic N) is 2. The Labute approximate surface area is 167 Å². The highest BCUT2D eigenvalue weighted by molar-refractivity contribution is 5.95. The van der Waals surface area contributed by atoms with Gasteiger partial charge in [-0.15, -0.1) is 0 Å². The summed E-state index contributed by atoms with van der Waals surface area (Å²) >= 11 is 0. The van der Waals surface area contributed by atoms with Gasteiger partial charge in [0.1, 0.15) is 0 Å². The van der Waals surface area contributed by atoms with Gasteiger partial charge in [0.25, 0.3) is 5.91 Å². The van der Waals surface area contributed by atoms with Crippen LogP contribution in [-0.4, -0.2) is 29.4 Å². The summed E-state index contributed by atoms with van der Waals surface area (Å²) in [6.07, 6.45) is 1.70. The number of carbonyl (C=O) groups is 1. The van der Waals surface area contributed by atoms with Gasteiger partial charge in [-0.2, -0.15) is 13.9 Å². The number of halogens is 2. The van der Waals surface area contributed by atoms with E-state index >= 15 is 0 Å². The third-order valence-corrected chi connectivity index (χ3v) is 4.50. The molecule has 0 aliphatic rings. The molecule has 1 aromatic heterocycles. The lowest BCUT2D eigenvalue weighted by molar-refractivity contribution is -0.0512. The van der Waals surface area contributed by atoms with Crippen molar-refractivity contribution in [1.29, 1.82) is 0 Å². The summed E-state index contributed by atoms with van der Waals surface area (Å²) in [5.74, 6) is -0.503. The van der Waals surface area contributed by atoms with Gasteiger partial charge in [0.2, 0.25) is 0 Å². The first-order chi connectivity index (χ1) is 13.9. The predicted molar refractivity (Wildman–Crippen MR) is 104 cm³/mol. The zero-order valence-electron chi connectivity index (χ0n) is 16.2. The second-order valence-electron chi connectivity index (χ2n) is 6.37. The summed E-state index contributed by atoms with van der Waals surface area (Å²) in [5, 5.41) is 7.26. The monoisotopic (exact) mass is 401 g/mol. The van der Waals surface area contributed by atoms with E-state index in [0.717, 1.165) is 16.9 Å². The van der Waals surface area contributed by atoms with Gasteiger partial charge < -0.3 is 14.8 Å². The van der Waals surface area contributed by atoms with E-state index in [4.69, 9.17) is 4.74 Å². The van der Waals surface area contributed by atoms with E-state index in [1.54, 1.807) is 10.9 Å². The minimum absolute atomic E-state index is 0.120. The van der Waals surface area contributed by atoms with Crippen molar-refractivity contribution < 1.29 is 23.0 Å². The average molecular weight is 401 g/mol. The number of alkyl halides is 2. The molecule has 3 aromatic rings.